The summed E-state index contributed by atoms with van der Waals surface area (Å²) in [5.41, 5.74) is 3.95. The van der Waals surface area contributed by atoms with E-state index in [1.54, 1.807) is 0 Å². The van der Waals surface area contributed by atoms with E-state index in [1.807, 2.05) is 14.1 Å². The Morgan fingerprint density at radius 3 is 2.46 bits per heavy atom. The first-order valence-corrected chi connectivity index (χ1v) is 9.93. The van der Waals surface area contributed by atoms with Crippen LogP contribution in [0.15, 0.2) is 54.6 Å². The lowest BCUT2D eigenvalue weighted by Gasteiger charge is -2.51. The number of carbonyl (C=O) groups is 1. The Hall–Kier alpha value is -2.75. The Kier molecular flexibility index (Phi) is 4.25. The van der Waals surface area contributed by atoms with Crippen molar-refractivity contribution in [2.75, 3.05) is 23.9 Å². The van der Waals surface area contributed by atoms with E-state index in [0.29, 0.717) is 6.42 Å². The van der Waals surface area contributed by atoms with Crippen molar-refractivity contribution in [2.45, 2.75) is 44.3 Å². The smallest absolute Gasteiger partial charge is 0.224 e. The molecule has 1 N–H and O–H groups in total. The van der Waals surface area contributed by atoms with E-state index in [0.717, 1.165) is 5.56 Å². The first kappa shape index (κ1) is 18.6. The van der Waals surface area contributed by atoms with E-state index in [4.69, 9.17) is 0 Å². The van der Waals surface area contributed by atoms with Crippen LogP contribution in [0.1, 0.15) is 38.3 Å². The van der Waals surface area contributed by atoms with Gasteiger partial charge in [0.25, 0.3) is 0 Å². The van der Waals surface area contributed by atoms with Gasteiger partial charge in [0.05, 0.1) is 0 Å². The molecule has 2 heterocycles. The van der Waals surface area contributed by atoms with Gasteiger partial charge in [-0.15, -0.1) is 0 Å². The van der Waals surface area contributed by atoms with E-state index in [2.05, 4.69) is 96.6 Å². The molecular formula is C24H29N3O. The quantitative estimate of drug-likeness (QED) is 0.875. The summed E-state index contributed by atoms with van der Waals surface area (Å²) in [6, 6.07) is 17.1. The first-order valence-electron chi connectivity index (χ1n) is 9.93. The minimum atomic E-state index is -0.578. The lowest BCUT2D eigenvalue weighted by atomic mass is 9.74. The molecule has 0 unspecified atom stereocenters. The molecular weight excluding hydrogens is 346 g/mol. The molecule has 2 atom stereocenters. The Morgan fingerprint density at radius 2 is 1.79 bits per heavy atom. The van der Waals surface area contributed by atoms with Gasteiger partial charge in [-0.25, -0.2) is 0 Å². The Labute approximate surface area is 167 Å². The number of benzene rings is 2. The second kappa shape index (κ2) is 6.40. The predicted molar refractivity (Wildman–Crippen MR) is 117 cm³/mol. The summed E-state index contributed by atoms with van der Waals surface area (Å²) in [4.78, 5) is 17.1. The summed E-state index contributed by atoms with van der Waals surface area (Å²) >= 11 is 0. The number of fused-ring (bicyclic) bond motifs is 3. The monoisotopic (exact) mass is 375 g/mol. The SMILES string of the molecule is C[C@H]1CC(=O)N[C@@]2(/C=C/c3ccc(N(C)C)cc3)N1c1ccccc1C2(C)C. The van der Waals surface area contributed by atoms with Crippen molar-refractivity contribution in [1.29, 1.82) is 0 Å². The maximum absolute atomic E-state index is 12.6. The number of rotatable bonds is 3. The number of nitrogens with one attached hydrogen (secondary N) is 1. The van der Waals surface area contributed by atoms with Crippen molar-refractivity contribution >= 4 is 23.4 Å². The maximum atomic E-state index is 12.6. The van der Waals surface area contributed by atoms with Crippen molar-refractivity contribution in [1.82, 2.24) is 5.32 Å². The molecule has 0 spiro atoms. The highest BCUT2D eigenvalue weighted by Gasteiger charge is 2.59. The average molecular weight is 376 g/mol. The minimum absolute atomic E-state index is 0.109. The zero-order chi connectivity index (χ0) is 20.1. The number of nitrogens with zero attached hydrogens (tertiary/aromatic N) is 2. The van der Waals surface area contributed by atoms with Gasteiger partial charge in [0.2, 0.25) is 5.91 Å². The van der Waals surface area contributed by atoms with Gasteiger partial charge in [-0.1, -0.05) is 50.3 Å². The largest absolute Gasteiger partial charge is 0.378 e. The fourth-order valence-electron chi connectivity index (χ4n) is 4.76. The van der Waals surface area contributed by atoms with Crippen molar-refractivity contribution in [2.24, 2.45) is 0 Å². The highest BCUT2D eigenvalue weighted by molar-refractivity contribution is 5.85. The third-order valence-electron chi connectivity index (χ3n) is 6.35. The second-order valence-electron chi connectivity index (χ2n) is 8.70. The molecule has 2 aromatic rings. The summed E-state index contributed by atoms with van der Waals surface area (Å²) in [5, 5.41) is 3.35. The molecule has 4 nitrogen and oxygen atoms in total. The standard InChI is InChI=1S/C24H29N3O/c1-17-16-22(28)25-24(15-14-18-10-12-19(13-11-18)26(4)5)23(2,3)20-8-6-7-9-21(20)27(17)24/h6-15,17H,16H2,1-5H3,(H,25,28)/b15-14+/t17-,24-/m0/s1. The van der Waals surface area contributed by atoms with Gasteiger partial charge in [-0.05, 0) is 42.3 Å². The molecule has 2 aliphatic heterocycles. The summed E-state index contributed by atoms with van der Waals surface area (Å²) in [7, 11) is 4.08. The molecule has 2 aromatic carbocycles. The van der Waals surface area contributed by atoms with Crippen LogP contribution in [0.4, 0.5) is 11.4 Å². The van der Waals surface area contributed by atoms with E-state index >= 15 is 0 Å². The van der Waals surface area contributed by atoms with Crippen molar-refractivity contribution in [3.63, 3.8) is 0 Å². The molecule has 4 rings (SSSR count). The van der Waals surface area contributed by atoms with Gasteiger partial charge in [0.1, 0.15) is 5.66 Å². The van der Waals surface area contributed by atoms with Crippen LogP contribution in [-0.2, 0) is 10.2 Å². The normalized spacial score (nSPS) is 25.4. The Bertz CT molecular complexity index is 929. The van der Waals surface area contributed by atoms with Crippen LogP contribution in [-0.4, -0.2) is 31.7 Å². The topological polar surface area (TPSA) is 35.6 Å². The van der Waals surface area contributed by atoms with Crippen molar-refractivity contribution in [3.05, 3.63) is 65.7 Å². The van der Waals surface area contributed by atoms with E-state index in [9.17, 15) is 4.79 Å². The van der Waals surface area contributed by atoms with Gasteiger partial charge in [-0.3, -0.25) is 4.79 Å². The van der Waals surface area contributed by atoms with Crippen LogP contribution in [0.5, 0.6) is 0 Å². The molecule has 1 saturated heterocycles. The molecule has 0 bridgehead atoms. The molecule has 4 heteroatoms. The summed E-state index contributed by atoms with van der Waals surface area (Å²) < 4.78 is 0. The van der Waals surface area contributed by atoms with Crippen LogP contribution in [0.2, 0.25) is 0 Å². The van der Waals surface area contributed by atoms with E-state index in [-0.39, 0.29) is 17.4 Å². The summed E-state index contributed by atoms with van der Waals surface area (Å²) in [6.45, 7) is 6.60. The number of hydrogen-bond acceptors (Lipinski definition) is 3. The zero-order valence-electron chi connectivity index (χ0n) is 17.4. The molecule has 0 aliphatic carbocycles. The van der Waals surface area contributed by atoms with Crippen molar-refractivity contribution < 1.29 is 4.79 Å². The van der Waals surface area contributed by atoms with E-state index in [1.165, 1.54) is 16.9 Å². The zero-order valence-corrected chi connectivity index (χ0v) is 17.4. The fourth-order valence-corrected chi connectivity index (χ4v) is 4.76. The number of hydrogen-bond donors (Lipinski definition) is 1. The van der Waals surface area contributed by atoms with Gasteiger partial charge in [0.15, 0.2) is 0 Å². The highest BCUT2D eigenvalue weighted by Crippen LogP contribution is 2.53. The number of amides is 1. The minimum Gasteiger partial charge on any atom is -0.378 e. The third kappa shape index (κ3) is 2.62. The molecule has 1 fully saturated rings. The van der Waals surface area contributed by atoms with E-state index < -0.39 is 5.66 Å². The van der Waals surface area contributed by atoms with Gasteiger partial charge in [0, 0.05) is 43.3 Å². The average Bonchev–Trinajstić information content (AvgIpc) is 2.85. The lowest BCUT2D eigenvalue weighted by Crippen LogP contribution is -2.71. The summed E-state index contributed by atoms with van der Waals surface area (Å²) in [5.74, 6) is 0.109. The van der Waals surface area contributed by atoms with Gasteiger partial charge in [-0.2, -0.15) is 0 Å². The Balaban J connectivity index is 1.80. The predicted octanol–water partition coefficient (Wildman–Crippen LogP) is 4.17. The number of carbonyl (C=O) groups excluding carboxylic acids is 1. The van der Waals surface area contributed by atoms with Crippen molar-refractivity contribution in [3.8, 4) is 0 Å². The summed E-state index contributed by atoms with van der Waals surface area (Å²) in [6.07, 6.45) is 4.83. The van der Waals surface area contributed by atoms with Crippen LogP contribution in [0, 0.1) is 0 Å². The molecule has 0 radical (unpaired) electrons. The molecule has 0 saturated carbocycles. The van der Waals surface area contributed by atoms with Gasteiger partial charge < -0.3 is 15.1 Å². The van der Waals surface area contributed by atoms with Crippen LogP contribution >= 0.6 is 0 Å². The molecule has 2 aliphatic rings. The maximum Gasteiger partial charge on any atom is 0.224 e. The van der Waals surface area contributed by atoms with Crippen LogP contribution in [0.3, 0.4) is 0 Å². The van der Waals surface area contributed by atoms with Crippen LogP contribution in [0.25, 0.3) is 6.08 Å². The number of para-hydroxylation sites is 1. The van der Waals surface area contributed by atoms with Crippen LogP contribution < -0.4 is 15.1 Å². The lowest BCUT2D eigenvalue weighted by molar-refractivity contribution is -0.125. The Morgan fingerprint density at radius 1 is 1.11 bits per heavy atom. The second-order valence-corrected chi connectivity index (χ2v) is 8.70. The molecule has 146 valence electrons. The fraction of sp³-hybridized carbons (Fsp3) is 0.375. The molecule has 28 heavy (non-hydrogen) atoms. The third-order valence-corrected chi connectivity index (χ3v) is 6.35. The van der Waals surface area contributed by atoms with Gasteiger partial charge >= 0.3 is 0 Å². The highest BCUT2D eigenvalue weighted by atomic mass is 16.2. The first-order chi connectivity index (χ1) is 13.3. The molecule has 1 amide bonds. The number of anilines is 2. The molecule has 0 aromatic heterocycles.